The van der Waals surface area contributed by atoms with Crippen LogP contribution in [0.4, 0.5) is 5.69 Å². The number of morpholine rings is 1. The second kappa shape index (κ2) is 6.70. The number of anilines is 1. The van der Waals surface area contributed by atoms with Crippen molar-refractivity contribution in [3.63, 3.8) is 0 Å². The van der Waals surface area contributed by atoms with Crippen LogP contribution in [0.25, 0.3) is 0 Å². The number of amides is 1. The molecule has 6 nitrogen and oxygen atoms in total. The van der Waals surface area contributed by atoms with E-state index in [0.717, 1.165) is 12.8 Å². The fourth-order valence-corrected chi connectivity index (χ4v) is 5.93. The van der Waals surface area contributed by atoms with E-state index in [1.165, 1.54) is 17.1 Å². The summed E-state index contributed by atoms with van der Waals surface area (Å²) in [5, 5.41) is 2.94. The molecule has 3 fully saturated rings. The van der Waals surface area contributed by atoms with E-state index in [-0.39, 0.29) is 16.7 Å². The maximum absolute atomic E-state index is 12.7. The third-order valence-corrected chi connectivity index (χ3v) is 7.68. The van der Waals surface area contributed by atoms with Gasteiger partial charge in [0.25, 0.3) is 0 Å². The molecule has 3 aliphatic rings. The van der Waals surface area contributed by atoms with Crippen LogP contribution in [-0.4, -0.2) is 44.9 Å². The predicted octanol–water partition coefficient (Wildman–Crippen LogP) is 2.08. The smallest absolute Gasteiger partial charge is 0.243 e. The third-order valence-electron chi connectivity index (χ3n) is 5.78. The number of carbonyl (C=O) groups excluding carboxylic acids is 1. The molecule has 2 saturated carbocycles. The van der Waals surface area contributed by atoms with Crippen molar-refractivity contribution in [3.8, 4) is 0 Å². The molecule has 1 saturated heterocycles. The molecule has 0 spiro atoms. The van der Waals surface area contributed by atoms with E-state index in [1.807, 2.05) is 0 Å². The highest BCUT2D eigenvalue weighted by atomic mass is 32.2. The summed E-state index contributed by atoms with van der Waals surface area (Å²) in [7, 11) is -3.55. The van der Waals surface area contributed by atoms with Gasteiger partial charge in [-0.15, -0.1) is 0 Å². The number of fused-ring (bicyclic) bond motifs is 2. The summed E-state index contributed by atoms with van der Waals surface area (Å²) in [5.74, 6) is 1.32. The van der Waals surface area contributed by atoms with Crippen LogP contribution < -0.4 is 5.32 Å². The SMILES string of the molecule is O=C(Nc1cccc(S(=O)(=O)N2CCOCC2)c1)[C@H]1C[C@H]2CC[C@H]1C2. The highest BCUT2D eigenvalue weighted by molar-refractivity contribution is 7.89. The third kappa shape index (κ3) is 3.32. The average Bonchev–Trinajstić information content (AvgIpc) is 3.26. The van der Waals surface area contributed by atoms with Crippen LogP contribution in [0.3, 0.4) is 0 Å². The zero-order chi connectivity index (χ0) is 17.4. The highest BCUT2D eigenvalue weighted by Gasteiger charge is 2.43. The molecule has 136 valence electrons. The number of benzene rings is 1. The monoisotopic (exact) mass is 364 g/mol. The Labute approximate surface area is 148 Å². The van der Waals surface area contributed by atoms with Gasteiger partial charge in [0.15, 0.2) is 0 Å². The molecule has 7 heteroatoms. The van der Waals surface area contributed by atoms with Gasteiger partial charge in [0, 0.05) is 24.7 Å². The van der Waals surface area contributed by atoms with Crippen molar-refractivity contribution in [2.45, 2.75) is 30.6 Å². The molecule has 1 aromatic rings. The van der Waals surface area contributed by atoms with Crippen molar-refractivity contribution in [1.82, 2.24) is 4.31 Å². The van der Waals surface area contributed by atoms with E-state index in [2.05, 4.69) is 5.32 Å². The summed E-state index contributed by atoms with van der Waals surface area (Å²) in [5.41, 5.74) is 0.558. The first kappa shape index (κ1) is 17.0. The van der Waals surface area contributed by atoms with E-state index in [1.54, 1.807) is 24.3 Å². The molecule has 2 aliphatic carbocycles. The standard InChI is InChI=1S/C18H24N2O4S/c21-18(17-11-13-4-5-14(17)10-13)19-15-2-1-3-16(12-15)25(22,23)20-6-8-24-9-7-20/h1-3,12-14,17H,4-11H2,(H,19,21)/t13-,14-,17-/m0/s1. The number of rotatable bonds is 4. The Morgan fingerprint density at radius 3 is 2.64 bits per heavy atom. The molecule has 0 aromatic heterocycles. The molecule has 25 heavy (non-hydrogen) atoms. The average molecular weight is 364 g/mol. The van der Waals surface area contributed by atoms with Gasteiger partial charge in [-0.25, -0.2) is 8.42 Å². The van der Waals surface area contributed by atoms with Gasteiger partial charge in [-0.3, -0.25) is 4.79 Å². The molecule has 1 amide bonds. The Morgan fingerprint density at radius 2 is 1.96 bits per heavy atom. The Kier molecular flexibility index (Phi) is 4.56. The number of sulfonamides is 1. The fraction of sp³-hybridized carbons (Fsp3) is 0.611. The molecule has 1 heterocycles. The normalized spacial score (nSPS) is 29.7. The summed E-state index contributed by atoms with van der Waals surface area (Å²) in [6.07, 6.45) is 4.54. The lowest BCUT2D eigenvalue weighted by molar-refractivity contribution is -0.121. The van der Waals surface area contributed by atoms with E-state index in [9.17, 15) is 13.2 Å². The van der Waals surface area contributed by atoms with Crippen molar-refractivity contribution in [3.05, 3.63) is 24.3 Å². The number of ether oxygens (including phenoxy) is 1. The molecule has 0 unspecified atom stereocenters. The van der Waals surface area contributed by atoms with Crippen molar-refractivity contribution < 1.29 is 17.9 Å². The van der Waals surface area contributed by atoms with Crippen LogP contribution in [0.1, 0.15) is 25.7 Å². The van der Waals surface area contributed by atoms with Gasteiger partial charge in [0.05, 0.1) is 18.1 Å². The minimum atomic E-state index is -3.55. The van der Waals surface area contributed by atoms with Crippen molar-refractivity contribution in [2.75, 3.05) is 31.6 Å². The fourth-order valence-electron chi connectivity index (χ4n) is 4.47. The molecular weight excluding hydrogens is 340 g/mol. The number of hydrogen-bond donors (Lipinski definition) is 1. The minimum absolute atomic E-state index is 0.0353. The Balaban J connectivity index is 1.48. The molecule has 1 aromatic carbocycles. The highest BCUT2D eigenvalue weighted by Crippen LogP contribution is 2.48. The van der Waals surface area contributed by atoms with Gasteiger partial charge in [-0.05, 0) is 49.3 Å². The number of nitrogens with zero attached hydrogens (tertiary/aromatic N) is 1. The molecule has 1 aliphatic heterocycles. The Hall–Kier alpha value is -1.44. The number of carbonyl (C=O) groups is 1. The Bertz CT molecular complexity index is 758. The number of hydrogen-bond acceptors (Lipinski definition) is 4. The molecule has 3 atom stereocenters. The maximum Gasteiger partial charge on any atom is 0.243 e. The summed E-state index contributed by atoms with van der Waals surface area (Å²) in [4.78, 5) is 12.8. The van der Waals surface area contributed by atoms with Crippen molar-refractivity contribution in [1.29, 1.82) is 0 Å². The Morgan fingerprint density at radius 1 is 1.16 bits per heavy atom. The van der Waals surface area contributed by atoms with Gasteiger partial charge >= 0.3 is 0 Å². The molecular formula is C18H24N2O4S. The topological polar surface area (TPSA) is 75.7 Å². The van der Waals surface area contributed by atoms with Crippen LogP contribution in [0.15, 0.2) is 29.2 Å². The van der Waals surface area contributed by atoms with E-state index in [4.69, 9.17) is 4.74 Å². The van der Waals surface area contributed by atoms with Crippen LogP contribution in [0.2, 0.25) is 0 Å². The van der Waals surface area contributed by atoms with Gasteiger partial charge in [0.2, 0.25) is 15.9 Å². The van der Waals surface area contributed by atoms with Gasteiger partial charge in [0.1, 0.15) is 0 Å². The molecule has 4 rings (SSSR count). The van der Waals surface area contributed by atoms with Crippen LogP contribution in [0.5, 0.6) is 0 Å². The maximum atomic E-state index is 12.7. The second-order valence-electron chi connectivity index (χ2n) is 7.31. The summed E-state index contributed by atoms with van der Waals surface area (Å²) in [6.45, 7) is 1.56. The van der Waals surface area contributed by atoms with E-state index < -0.39 is 10.0 Å². The lowest BCUT2D eigenvalue weighted by atomic mass is 9.88. The van der Waals surface area contributed by atoms with Gasteiger partial charge in [-0.2, -0.15) is 4.31 Å². The minimum Gasteiger partial charge on any atom is -0.379 e. The molecule has 1 N–H and O–H groups in total. The first-order valence-electron chi connectivity index (χ1n) is 9.03. The zero-order valence-electron chi connectivity index (χ0n) is 14.2. The summed E-state index contributed by atoms with van der Waals surface area (Å²) in [6, 6.07) is 6.58. The lowest BCUT2D eigenvalue weighted by Gasteiger charge is -2.26. The van der Waals surface area contributed by atoms with Gasteiger partial charge in [-0.1, -0.05) is 12.5 Å². The lowest BCUT2D eigenvalue weighted by Crippen LogP contribution is -2.40. The quantitative estimate of drug-likeness (QED) is 0.888. The van der Waals surface area contributed by atoms with Crippen LogP contribution in [0, 0.1) is 17.8 Å². The molecule has 0 radical (unpaired) electrons. The summed E-state index contributed by atoms with van der Waals surface area (Å²) < 4.78 is 32.1. The predicted molar refractivity (Wildman–Crippen MR) is 93.6 cm³/mol. The zero-order valence-corrected chi connectivity index (χ0v) is 15.0. The summed E-state index contributed by atoms with van der Waals surface area (Å²) >= 11 is 0. The molecule has 2 bridgehead atoms. The first-order valence-corrected chi connectivity index (χ1v) is 10.5. The van der Waals surface area contributed by atoms with Crippen LogP contribution in [-0.2, 0) is 19.6 Å². The number of nitrogens with one attached hydrogen (secondary N) is 1. The largest absolute Gasteiger partial charge is 0.379 e. The van der Waals surface area contributed by atoms with E-state index >= 15 is 0 Å². The van der Waals surface area contributed by atoms with E-state index in [0.29, 0.717) is 43.8 Å². The van der Waals surface area contributed by atoms with Crippen molar-refractivity contribution in [2.24, 2.45) is 17.8 Å². The van der Waals surface area contributed by atoms with Crippen molar-refractivity contribution >= 4 is 21.6 Å². The first-order chi connectivity index (χ1) is 12.0. The van der Waals surface area contributed by atoms with Crippen LogP contribution >= 0.6 is 0 Å². The van der Waals surface area contributed by atoms with Gasteiger partial charge < -0.3 is 10.1 Å². The second-order valence-corrected chi connectivity index (χ2v) is 9.25.